The lowest BCUT2D eigenvalue weighted by molar-refractivity contribution is -0.144. The van der Waals surface area contributed by atoms with Gasteiger partial charge in [0, 0.05) is 11.1 Å². The van der Waals surface area contributed by atoms with Crippen molar-refractivity contribution in [1.29, 1.82) is 0 Å². The first-order chi connectivity index (χ1) is 12.5. The van der Waals surface area contributed by atoms with Crippen LogP contribution in [0.1, 0.15) is 15.9 Å². The van der Waals surface area contributed by atoms with E-state index in [0.717, 1.165) is 5.56 Å². The fourth-order valence-electron chi connectivity index (χ4n) is 2.60. The average Bonchev–Trinajstić information content (AvgIpc) is 2.68. The summed E-state index contributed by atoms with van der Waals surface area (Å²) in [4.78, 5) is 36.2. The molecule has 0 atom stereocenters. The van der Waals surface area contributed by atoms with Crippen molar-refractivity contribution in [3.63, 3.8) is 0 Å². The van der Waals surface area contributed by atoms with Crippen LogP contribution in [0.25, 0.3) is 22.3 Å². The van der Waals surface area contributed by atoms with Gasteiger partial charge in [0.2, 0.25) is 0 Å². The Morgan fingerprint density at radius 3 is 2.46 bits per heavy atom. The monoisotopic (exact) mass is 352 g/mol. The Morgan fingerprint density at radius 1 is 1.04 bits per heavy atom. The Morgan fingerprint density at radius 2 is 1.77 bits per heavy atom. The van der Waals surface area contributed by atoms with Crippen molar-refractivity contribution < 1.29 is 23.5 Å². The number of rotatable bonds is 4. The van der Waals surface area contributed by atoms with Gasteiger partial charge in [-0.1, -0.05) is 36.4 Å². The molecule has 2 aromatic carbocycles. The van der Waals surface area contributed by atoms with Crippen molar-refractivity contribution in [2.75, 3.05) is 13.7 Å². The van der Waals surface area contributed by atoms with Gasteiger partial charge in [-0.2, -0.15) is 0 Å². The number of fused-ring (bicyclic) bond motifs is 1. The minimum Gasteiger partial charge on any atom is -0.466 e. The molecule has 6 heteroatoms. The molecule has 3 rings (SSSR count). The van der Waals surface area contributed by atoms with Crippen LogP contribution >= 0.6 is 0 Å². The summed E-state index contributed by atoms with van der Waals surface area (Å²) in [5, 5.41) is 0.273. The maximum atomic E-state index is 12.7. The second-order valence-corrected chi connectivity index (χ2v) is 5.59. The van der Waals surface area contributed by atoms with Crippen molar-refractivity contribution in [2.24, 2.45) is 0 Å². The first-order valence-electron chi connectivity index (χ1n) is 7.88. The lowest BCUT2D eigenvalue weighted by Gasteiger charge is -2.10. The number of methoxy groups -OCH3 is 1. The van der Waals surface area contributed by atoms with Crippen LogP contribution < -0.4 is 5.43 Å². The standard InChI is InChI=1S/C20H16O6/c1-12-17(22)14-9-6-10-15(20(23)25-11-16(21)24-2)19(14)26-18(12)13-7-4-3-5-8-13/h3-10H,11H2,1-2H3. The van der Waals surface area contributed by atoms with Crippen LogP contribution in [-0.4, -0.2) is 25.7 Å². The van der Waals surface area contributed by atoms with Gasteiger partial charge in [-0.3, -0.25) is 4.79 Å². The second-order valence-electron chi connectivity index (χ2n) is 5.59. The van der Waals surface area contributed by atoms with Crippen molar-refractivity contribution in [3.8, 4) is 11.3 Å². The number of benzene rings is 2. The Balaban J connectivity index is 2.14. The normalized spacial score (nSPS) is 10.5. The molecule has 0 unspecified atom stereocenters. The largest absolute Gasteiger partial charge is 0.466 e. The van der Waals surface area contributed by atoms with E-state index in [2.05, 4.69) is 4.74 Å². The zero-order chi connectivity index (χ0) is 18.7. The minimum absolute atomic E-state index is 0.0701. The quantitative estimate of drug-likeness (QED) is 0.671. The van der Waals surface area contributed by atoms with E-state index in [9.17, 15) is 14.4 Å². The van der Waals surface area contributed by atoms with Gasteiger partial charge >= 0.3 is 11.9 Å². The third kappa shape index (κ3) is 3.21. The van der Waals surface area contributed by atoms with Crippen LogP contribution in [0.4, 0.5) is 0 Å². The van der Waals surface area contributed by atoms with Gasteiger partial charge in [-0.05, 0) is 19.1 Å². The topological polar surface area (TPSA) is 82.8 Å². The first-order valence-corrected chi connectivity index (χ1v) is 7.88. The summed E-state index contributed by atoms with van der Waals surface area (Å²) >= 11 is 0. The lowest BCUT2D eigenvalue weighted by Crippen LogP contribution is -2.16. The molecule has 0 aliphatic heterocycles. The third-order valence-corrected chi connectivity index (χ3v) is 3.95. The molecule has 132 valence electrons. The molecular formula is C20H16O6. The molecular weight excluding hydrogens is 336 g/mol. The van der Waals surface area contributed by atoms with Crippen molar-refractivity contribution in [3.05, 3.63) is 69.9 Å². The highest BCUT2D eigenvalue weighted by atomic mass is 16.6. The molecule has 1 heterocycles. The van der Waals surface area contributed by atoms with E-state index in [4.69, 9.17) is 9.15 Å². The van der Waals surface area contributed by atoms with Crippen LogP contribution in [-0.2, 0) is 14.3 Å². The van der Waals surface area contributed by atoms with Gasteiger partial charge in [-0.15, -0.1) is 0 Å². The van der Waals surface area contributed by atoms with E-state index in [0.29, 0.717) is 11.3 Å². The molecule has 0 saturated carbocycles. The molecule has 3 aromatic rings. The summed E-state index contributed by atoms with van der Waals surface area (Å²) in [5.74, 6) is -1.07. The zero-order valence-corrected chi connectivity index (χ0v) is 14.3. The molecule has 6 nitrogen and oxygen atoms in total. The zero-order valence-electron chi connectivity index (χ0n) is 14.3. The van der Waals surface area contributed by atoms with E-state index in [-0.39, 0.29) is 22.0 Å². The summed E-state index contributed by atoms with van der Waals surface area (Å²) in [5.41, 5.74) is 1.13. The maximum absolute atomic E-state index is 12.7. The predicted octanol–water partition coefficient (Wildman–Crippen LogP) is 3.10. The predicted molar refractivity (Wildman–Crippen MR) is 95.0 cm³/mol. The molecule has 0 fully saturated rings. The van der Waals surface area contributed by atoms with Crippen molar-refractivity contribution in [2.45, 2.75) is 6.92 Å². The molecule has 0 radical (unpaired) electrons. The Bertz CT molecular complexity index is 1030. The van der Waals surface area contributed by atoms with Crippen LogP contribution in [0.3, 0.4) is 0 Å². The van der Waals surface area contributed by atoms with Gasteiger partial charge in [-0.25, -0.2) is 9.59 Å². The molecule has 0 bridgehead atoms. The summed E-state index contributed by atoms with van der Waals surface area (Å²) in [7, 11) is 1.20. The average molecular weight is 352 g/mol. The highest BCUT2D eigenvalue weighted by molar-refractivity contribution is 6.02. The number of ether oxygens (including phenoxy) is 2. The molecule has 1 aromatic heterocycles. The summed E-state index contributed by atoms with van der Waals surface area (Å²) < 4.78 is 15.3. The number of carbonyl (C=O) groups excluding carboxylic acids is 2. The highest BCUT2D eigenvalue weighted by Crippen LogP contribution is 2.27. The van der Waals surface area contributed by atoms with E-state index in [1.165, 1.54) is 13.2 Å². The van der Waals surface area contributed by atoms with Crippen molar-refractivity contribution in [1.82, 2.24) is 0 Å². The SMILES string of the molecule is COC(=O)COC(=O)c1cccc2c(=O)c(C)c(-c3ccccc3)oc12. The van der Waals surface area contributed by atoms with Crippen LogP contribution in [0.5, 0.6) is 0 Å². The molecule has 26 heavy (non-hydrogen) atoms. The van der Waals surface area contributed by atoms with E-state index in [1.807, 2.05) is 30.3 Å². The van der Waals surface area contributed by atoms with E-state index >= 15 is 0 Å². The summed E-state index contributed by atoms with van der Waals surface area (Å²) in [6, 6.07) is 13.8. The number of hydrogen-bond donors (Lipinski definition) is 0. The molecule has 0 aliphatic carbocycles. The Hall–Kier alpha value is -3.41. The third-order valence-electron chi connectivity index (χ3n) is 3.95. The minimum atomic E-state index is -0.771. The number of carbonyl (C=O) groups is 2. The lowest BCUT2D eigenvalue weighted by atomic mass is 10.0. The fraction of sp³-hybridized carbons (Fsp3) is 0.150. The first kappa shape index (κ1) is 17.4. The molecule has 0 spiro atoms. The van der Waals surface area contributed by atoms with E-state index in [1.54, 1.807) is 19.1 Å². The maximum Gasteiger partial charge on any atom is 0.344 e. The van der Waals surface area contributed by atoms with Gasteiger partial charge < -0.3 is 13.9 Å². The number of para-hydroxylation sites is 1. The molecule has 0 saturated heterocycles. The second kappa shape index (κ2) is 7.23. The van der Waals surface area contributed by atoms with Crippen LogP contribution in [0.2, 0.25) is 0 Å². The van der Waals surface area contributed by atoms with Gasteiger partial charge in [0.05, 0.1) is 12.5 Å². The highest BCUT2D eigenvalue weighted by Gasteiger charge is 2.19. The van der Waals surface area contributed by atoms with Crippen molar-refractivity contribution >= 4 is 22.9 Å². The summed E-state index contributed by atoms with van der Waals surface area (Å²) in [6.07, 6.45) is 0. The molecule has 0 aliphatic rings. The van der Waals surface area contributed by atoms with E-state index < -0.39 is 18.5 Å². The van der Waals surface area contributed by atoms with Gasteiger partial charge in [0.15, 0.2) is 17.6 Å². The van der Waals surface area contributed by atoms with Gasteiger partial charge in [0.1, 0.15) is 11.3 Å². The number of hydrogen-bond acceptors (Lipinski definition) is 6. The Labute approximate surface area is 149 Å². The van der Waals surface area contributed by atoms with Crippen LogP contribution in [0, 0.1) is 6.92 Å². The molecule has 0 amide bonds. The smallest absolute Gasteiger partial charge is 0.344 e. The Kier molecular flexibility index (Phi) is 4.84. The van der Waals surface area contributed by atoms with Crippen LogP contribution in [0.15, 0.2) is 57.7 Å². The summed E-state index contributed by atoms with van der Waals surface area (Å²) in [6.45, 7) is 1.16. The number of esters is 2. The van der Waals surface area contributed by atoms with Gasteiger partial charge in [0.25, 0.3) is 0 Å². The fourth-order valence-corrected chi connectivity index (χ4v) is 2.60. The molecule has 0 N–H and O–H groups in total.